The predicted molar refractivity (Wildman–Crippen MR) is 59.9 cm³/mol. The summed E-state index contributed by atoms with van der Waals surface area (Å²) in [6.45, 7) is 0. The van der Waals surface area contributed by atoms with E-state index in [1.807, 2.05) is 17.9 Å². The standard InChI is InChI=1S/C12H18N2O2/c1-14-8-11(7-13-14)9-3-5-10(6-4-9)12(15)16-2/h7-10H,3-6H2,1-2H3. The Hall–Kier alpha value is -1.32. The number of esters is 1. The average molecular weight is 222 g/mol. The van der Waals surface area contributed by atoms with Gasteiger partial charge >= 0.3 is 5.97 Å². The number of ether oxygens (including phenoxy) is 1. The van der Waals surface area contributed by atoms with Gasteiger partial charge in [0.05, 0.1) is 19.2 Å². The smallest absolute Gasteiger partial charge is 0.308 e. The van der Waals surface area contributed by atoms with Gasteiger partial charge in [0.1, 0.15) is 0 Å². The second-order valence-corrected chi connectivity index (χ2v) is 4.52. The maximum absolute atomic E-state index is 11.4. The largest absolute Gasteiger partial charge is 0.469 e. The molecule has 16 heavy (non-hydrogen) atoms. The summed E-state index contributed by atoms with van der Waals surface area (Å²) in [6, 6.07) is 0. The van der Waals surface area contributed by atoms with Crippen LogP contribution in [0, 0.1) is 5.92 Å². The average Bonchev–Trinajstić information content (AvgIpc) is 2.75. The number of methoxy groups -OCH3 is 1. The summed E-state index contributed by atoms with van der Waals surface area (Å²) in [4.78, 5) is 11.4. The zero-order valence-corrected chi connectivity index (χ0v) is 9.85. The van der Waals surface area contributed by atoms with Crippen LogP contribution < -0.4 is 0 Å². The molecular weight excluding hydrogens is 204 g/mol. The molecule has 0 unspecified atom stereocenters. The number of hydrogen-bond acceptors (Lipinski definition) is 3. The van der Waals surface area contributed by atoms with Crippen molar-refractivity contribution in [2.24, 2.45) is 13.0 Å². The molecule has 0 bridgehead atoms. The molecule has 1 heterocycles. The van der Waals surface area contributed by atoms with Gasteiger partial charge in [0.15, 0.2) is 0 Å². The number of aromatic nitrogens is 2. The van der Waals surface area contributed by atoms with Gasteiger partial charge in [-0.15, -0.1) is 0 Å². The molecule has 0 aliphatic heterocycles. The van der Waals surface area contributed by atoms with Crippen LogP contribution in [0.1, 0.15) is 37.2 Å². The normalized spacial score (nSPS) is 25.4. The van der Waals surface area contributed by atoms with E-state index in [0.29, 0.717) is 5.92 Å². The molecule has 1 aromatic rings. The maximum Gasteiger partial charge on any atom is 0.308 e. The van der Waals surface area contributed by atoms with Gasteiger partial charge < -0.3 is 4.74 Å². The molecule has 1 aliphatic carbocycles. The highest BCUT2D eigenvalue weighted by atomic mass is 16.5. The molecule has 0 amide bonds. The first kappa shape index (κ1) is 11.2. The number of carbonyl (C=O) groups excluding carboxylic acids is 1. The van der Waals surface area contributed by atoms with Crippen molar-refractivity contribution >= 4 is 5.97 Å². The topological polar surface area (TPSA) is 44.1 Å². The molecule has 0 aromatic carbocycles. The van der Waals surface area contributed by atoms with Crippen LogP contribution in [0.2, 0.25) is 0 Å². The lowest BCUT2D eigenvalue weighted by Gasteiger charge is -2.26. The third kappa shape index (κ3) is 2.26. The minimum atomic E-state index is -0.0513. The van der Waals surface area contributed by atoms with E-state index in [4.69, 9.17) is 4.74 Å². The number of rotatable bonds is 2. The second kappa shape index (κ2) is 4.68. The lowest BCUT2D eigenvalue weighted by Crippen LogP contribution is -2.21. The highest BCUT2D eigenvalue weighted by Gasteiger charge is 2.27. The first-order chi connectivity index (χ1) is 7.70. The van der Waals surface area contributed by atoms with Gasteiger partial charge in [-0.25, -0.2) is 0 Å². The minimum absolute atomic E-state index is 0.0513. The summed E-state index contributed by atoms with van der Waals surface area (Å²) in [5.74, 6) is 0.622. The van der Waals surface area contributed by atoms with Gasteiger partial charge in [0, 0.05) is 13.2 Å². The predicted octanol–water partition coefficient (Wildman–Crippen LogP) is 1.87. The van der Waals surface area contributed by atoms with Gasteiger partial charge in [0.2, 0.25) is 0 Å². The Morgan fingerprint density at radius 2 is 2.12 bits per heavy atom. The molecule has 1 saturated carbocycles. The summed E-state index contributed by atoms with van der Waals surface area (Å²) < 4.78 is 6.61. The Balaban J connectivity index is 1.92. The summed E-state index contributed by atoms with van der Waals surface area (Å²) in [5, 5.41) is 4.19. The minimum Gasteiger partial charge on any atom is -0.469 e. The molecule has 0 spiro atoms. The van der Waals surface area contributed by atoms with Crippen LogP contribution in [0.25, 0.3) is 0 Å². The summed E-state index contributed by atoms with van der Waals surface area (Å²) in [7, 11) is 3.40. The van der Waals surface area contributed by atoms with Crippen molar-refractivity contribution in [2.45, 2.75) is 31.6 Å². The highest BCUT2D eigenvalue weighted by molar-refractivity contribution is 5.72. The molecule has 0 atom stereocenters. The molecule has 4 nitrogen and oxygen atoms in total. The Morgan fingerprint density at radius 1 is 1.44 bits per heavy atom. The fraction of sp³-hybridized carbons (Fsp3) is 0.667. The van der Waals surface area contributed by atoms with Crippen LogP contribution in [-0.4, -0.2) is 22.9 Å². The van der Waals surface area contributed by atoms with E-state index in [1.54, 1.807) is 0 Å². The van der Waals surface area contributed by atoms with Crippen LogP contribution >= 0.6 is 0 Å². The molecular formula is C12H18N2O2. The van der Waals surface area contributed by atoms with Gasteiger partial charge in [-0.05, 0) is 37.2 Å². The van der Waals surface area contributed by atoms with E-state index < -0.39 is 0 Å². The highest BCUT2D eigenvalue weighted by Crippen LogP contribution is 2.35. The first-order valence-electron chi connectivity index (χ1n) is 5.77. The van der Waals surface area contributed by atoms with E-state index in [1.165, 1.54) is 12.7 Å². The first-order valence-corrected chi connectivity index (χ1v) is 5.77. The van der Waals surface area contributed by atoms with Crippen molar-refractivity contribution in [3.63, 3.8) is 0 Å². The molecule has 1 fully saturated rings. The van der Waals surface area contributed by atoms with Gasteiger partial charge in [-0.3, -0.25) is 9.48 Å². The zero-order chi connectivity index (χ0) is 11.5. The third-order valence-corrected chi connectivity index (χ3v) is 3.46. The van der Waals surface area contributed by atoms with Gasteiger partial charge in [-0.1, -0.05) is 0 Å². The Labute approximate surface area is 95.6 Å². The Kier molecular flexibility index (Phi) is 3.27. The van der Waals surface area contributed by atoms with Gasteiger partial charge in [-0.2, -0.15) is 5.10 Å². The van der Waals surface area contributed by atoms with Crippen LogP contribution in [0.4, 0.5) is 0 Å². The Bertz CT molecular complexity index is 365. The molecule has 0 saturated heterocycles. The molecule has 1 aliphatic rings. The zero-order valence-electron chi connectivity index (χ0n) is 9.85. The number of nitrogens with zero attached hydrogens (tertiary/aromatic N) is 2. The lowest BCUT2D eigenvalue weighted by atomic mass is 9.79. The molecule has 1 aromatic heterocycles. The van der Waals surface area contributed by atoms with Crippen LogP contribution in [-0.2, 0) is 16.6 Å². The van der Waals surface area contributed by atoms with Crippen molar-refractivity contribution < 1.29 is 9.53 Å². The molecule has 88 valence electrons. The van der Waals surface area contributed by atoms with Gasteiger partial charge in [0.25, 0.3) is 0 Å². The fourth-order valence-electron chi connectivity index (χ4n) is 2.48. The number of aryl methyl sites for hydroxylation is 1. The van der Waals surface area contributed by atoms with Crippen LogP contribution in [0.15, 0.2) is 12.4 Å². The molecule has 0 radical (unpaired) electrons. The SMILES string of the molecule is COC(=O)C1CCC(c2cnn(C)c2)CC1. The van der Waals surface area contributed by atoms with E-state index >= 15 is 0 Å². The van der Waals surface area contributed by atoms with E-state index in [2.05, 4.69) is 11.3 Å². The summed E-state index contributed by atoms with van der Waals surface area (Å²) in [5.41, 5.74) is 1.30. The van der Waals surface area contributed by atoms with Crippen molar-refractivity contribution in [3.8, 4) is 0 Å². The summed E-state index contributed by atoms with van der Waals surface area (Å²) in [6.07, 6.45) is 8.00. The van der Waals surface area contributed by atoms with Crippen molar-refractivity contribution in [2.75, 3.05) is 7.11 Å². The Morgan fingerprint density at radius 3 is 2.62 bits per heavy atom. The number of carbonyl (C=O) groups is 1. The van der Waals surface area contributed by atoms with Crippen LogP contribution in [0.5, 0.6) is 0 Å². The monoisotopic (exact) mass is 222 g/mol. The van der Waals surface area contributed by atoms with Crippen molar-refractivity contribution in [3.05, 3.63) is 18.0 Å². The third-order valence-electron chi connectivity index (χ3n) is 3.46. The second-order valence-electron chi connectivity index (χ2n) is 4.52. The van der Waals surface area contributed by atoms with Crippen LogP contribution in [0.3, 0.4) is 0 Å². The van der Waals surface area contributed by atoms with E-state index in [9.17, 15) is 4.79 Å². The van der Waals surface area contributed by atoms with Crippen molar-refractivity contribution in [1.29, 1.82) is 0 Å². The maximum atomic E-state index is 11.4. The molecule has 2 rings (SSSR count). The summed E-state index contributed by atoms with van der Waals surface area (Å²) >= 11 is 0. The quantitative estimate of drug-likeness (QED) is 0.717. The number of hydrogen-bond donors (Lipinski definition) is 0. The van der Waals surface area contributed by atoms with E-state index in [-0.39, 0.29) is 11.9 Å². The fourth-order valence-corrected chi connectivity index (χ4v) is 2.48. The molecule has 0 N–H and O–H groups in total. The van der Waals surface area contributed by atoms with E-state index in [0.717, 1.165) is 25.7 Å². The van der Waals surface area contributed by atoms with Crippen molar-refractivity contribution in [1.82, 2.24) is 9.78 Å². The molecule has 4 heteroatoms. The lowest BCUT2D eigenvalue weighted by molar-refractivity contribution is -0.146.